The van der Waals surface area contributed by atoms with Crippen LogP contribution in [0.15, 0.2) is 0 Å². The van der Waals surface area contributed by atoms with E-state index >= 15 is 0 Å². The van der Waals surface area contributed by atoms with Gasteiger partial charge in [0.25, 0.3) is 0 Å². The minimum atomic E-state index is -0.905. The lowest BCUT2D eigenvalue weighted by Gasteiger charge is -2.35. The van der Waals surface area contributed by atoms with Crippen molar-refractivity contribution in [1.29, 1.82) is 0 Å². The molecule has 0 bridgehead atoms. The Balaban J connectivity index is 3.14. The lowest BCUT2D eigenvalue weighted by atomic mass is 9.99. The van der Waals surface area contributed by atoms with Crippen LogP contribution in [0.2, 0.25) is 0 Å². The van der Waals surface area contributed by atoms with Crippen LogP contribution in [0.4, 0.5) is 4.79 Å². The predicted octanol–water partition coefficient (Wildman–Crippen LogP) is 3.07. The van der Waals surface area contributed by atoms with Crippen LogP contribution in [0, 0.1) is 0 Å². The molecule has 7 nitrogen and oxygen atoms in total. The van der Waals surface area contributed by atoms with Crippen molar-refractivity contribution >= 4 is 6.09 Å². The van der Waals surface area contributed by atoms with Crippen LogP contribution in [0.5, 0.6) is 0 Å². The molecule has 0 saturated carbocycles. The second-order valence-corrected chi connectivity index (χ2v) is 8.61. The summed E-state index contributed by atoms with van der Waals surface area (Å²) in [5.41, 5.74) is -1.53. The number of aliphatic hydroxyl groups excluding tert-OH is 2. The highest BCUT2D eigenvalue weighted by Gasteiger charge is 2.53. The van der Waals surface area contributed by atoms with Gasteiger partial charge in [0.2, 0.25) is 0 Å². The Morgan fingerprint density at radius 1 is 1.22 bits per heavy atom. The van der Waals surface area contributed by atoms with Gasteiger partial charge < -0.3 is 24.4 Å². The maximum absolute atomic E-state index is 12.9. The van der Waals surface area contributed by atoms with Gasteiger partial charge >= 0.3 is 6.09 Å². The molecular weight excluding hydrogens is 350 g/mol. The van der Waals surface area contributed by atoms with Crippen molar-refractivity contribution in [3.8, 4) is 0 Å². The summed E-state index contributed by atoms with van der Waals surface area (Å²) >= 11 is 0. The van der Waals surface area contributed by atoms with E-state index < -0.39 is 29.6 Å². The number of carbonyl (C=O) groups excluding carboxylic acids is 1. The fourth-order valence-electron chi connectivity index (χ4n) is 3.55. The largest absolute Gasteiger partial charge is 0.444 e. The molecule has 1 heterocycles. The van der Waals surface area contributed by atoms with E-state index in [1.54, 1.807) is 4.90 Å². The highest BCUT2D eigenvalue weighted by Crippen LogP contribution is 2.38. The lowest BCUT2D eigenvalue weighted by Crippen LogP contribution is -2.51. The summed E-state index contributed by atoms with van der Waals surface area (Å²) in [4.78, 5) is 14.5. The number of hydrogen-bond acceptors (Lipinski definition) is 6. The zero-order valence-corrected chi connectivity index (χ0v) is 18.0. The third-order valence-corrected chi connectivity index (χ3v) is 4.79. The lowest BCUT2D eigenvalue weighted by molar-refractivity contribution is -0.143. The summed E-state index contributed by atoms with van der Waals surface area (Å²) in [6, 6.07) is -0.353. The van der Waals surface area contributed by atoms with Crippen molar-refractivity contribution in [3.05, 3.63) is 0 Å². The normalized spacial score (nSPS) is 23.7. The van der Waals surface area contributed by atoms with Crippen molar-refractivity contribution in [3.63, 3.8) is 0 Å². The van der Waals surface area contributed by atoms with E-state index in [0.29, 0.717) is 12.8 Å². The van der Waals surface area contributed by atoms with E-state index in [9.17, 15) is 15.0 Å². The quantitative estimate of drug-likeness (QED) is 0.630. The maximum atomic E-state index is 12.9. The molecular formula is C20H39NO6. The molecule has 1 saturated heterocycles. The number of aliphatic hydroxyl groups is 2. The molecule has 1 amide bonds. The molecule has 160 valence electrons. The van der Waals surface area contributed by atoms with Crippen molar-refractivity contribution in [2.75, 3.05) is 13.2 Å². The second-order valence-electron chi connectivity index (χ2n) is 8.61. The highest BCUT2D eigenvalue weighted by molar-refractivity contribution is 5.70. The van der Waals surface area contributed by atoms with E-state index in [-0.39, 0.29) is 25.4 Å². The molecule has 0 spiro atoms. The SMILES string of the molecule is CCC(CC)O[C@H](CO)[C@@H]1OC(C)(C)N(C(=O)OC(C)(C)C)[C@H]1CCCO. The van der Waals surface area contributed by atoms with E-state index in [1.165, 1.54) is 0 Å². The summed E-state index contributed by atoms with van der Waals surface area (Å²) in [5.74, 6) is 0. The molecule has 0 aromatic carbocycles. The van der Waals surface area contributed by atoms with Crippen LogP contribution in [-0.2, 0) is 14.2 Å². The summed E-state index contributed by atoms with van der Waals surface area (Å²) in [6.45, 7) is 13.0. The molecule has 3 atom stereocenters. The standard InChI is InChI=1S/C20H39NO6/c1-8-14(9-2)25-16(13-23)17-15(11-10-12-22)21(20(6,7)26-17)18(24)27-19(3,4)5/h14-17,22-23H,8-13H2,1-7H3/t15-,16+,17+/m0/s1. The summed E-state index contributed by atoms with van der Waals surface area (Å²) in [5, 5.41) is 19.3. The van der Waals surface area contributed by atoms with Gasteiger partial charge in [0.05, 0.1) is 18.8 Å². The Morgan fingerprint density at radius 3 is 2.26 bits per heavy atom. The summed E-state index contributed by atoms with van der Waals surface area (Å²) < 4.78 is 17.9. The Hall–Kier alpha value is -0.890. The first kappa shape index (κ1) is 24.1. The van der Waals surface area contributed by atoms with Crippen LogP contribution in [-0.4, -0.2) is 70.1 Å². The highest BCUT2D eigenvalue weighted by atomic mass is 16.6. The van der Waals surface area contributed by atoms with Crippen LogP contribution in [0.25, 0.3) is 0 Å². The Bertz CT molecular complexity index is 458. The maximum Gasteiger partial charge on any atom is 0.412 e. The van der Waals surface area contributed by atoms with Gasteiger partial charge in [-0.3, -0.25) is 4.90 Å². The molecule has 27 heavy (non-hydrogen) atoms. The van der Waals surface area contributed by atoms with E-state index in [0.717, 1.165) is 12.8 Å². The number of carbonyl (C=O) groups is 1. The van der Waals surface area contributed by atoms with Gasteiger partial charge in [-0.05, 0) is 60.3 Å². The van der Waals surface area contributed by atoms with Crippen molar-refractivity contribution in [2.24, 2.45) is 0 Å². The zero-order chi connectivity index (χ0) is 20.8. The predicted molar refractivity (Wildman–Crippen MR) is 103 cm³/mol. The molecule has 1 rings (SSSR count). The molecule has 0 aliphatic carbocycles. The minimum absolute atomic E-state index is 0.0166. The van der Waals surface area contributed by atoms with Gasteiger partial charge in [-0.1, -0.05) is 13.8 Å². The van der Waals surface area contributed by atoms with Crippen LogP contribution in [0.1, 0.15) is 74.1 Å². The zero-order valence-electron chi connectivity index (χ0n) is 18.0. The Labute approximate surface area is 164 Å². The minimum Gasteiger partial charge on any atom is -0.444 e. The molecule has 1 aliphatic rings. The third-order valence-electron chi connectivity index (χ3n) is 4.79. The molecule has 0 radical (unpaired) electrons. The van der Waals surface area contributed by atoms with Gasteiger partial charge in [-0.15, -0.1) is 0 Å². The molecule has 0 unspecified atom stereocenters. The molecule has 2 N–H and O–H groups in total. The number of rotatable bonds is 9. The van der Waals surface area contributed by atoms with Gasteiger partial charge in [-0.2, -0.15) is 0 Å². The van der Waals surface area contributed by atoms with E-state index in [4.69, 9.17) is 14.2 Å². The molecule has 7 heteroatoms. The Kier molecular flexibility index (Phi) is 8.99. The Morgan fingerprint density at radius 2 is 1.81 bits per heavy atom. The monoisotopic (exact) mass is 389 g/mol. The average Bonchev–Trinajstić information content (AvgIpc) is 2.83. The van der Waals surface area contributed by atoms with Crippen LogP contribution >= 0.6 is 0 Å². The summed E-state index contributed by atoms with van der Waals surface area (Å²) in [7, 11) is 0. The van der Waals surface area contributed by atoms with Gasteiger partial charge in [0.1, 0.15) is 23.5 Å². The van der Waals surface area contributed by atoms with E-state index in [2.05, 4.69) is 0 Å². The van der Waals surface area contributed by atoms with Crippen molar-refractivity contribution < 1.29 is 29.2 Å². The topological polar surface area (TPSA) is 88.5 Å². The molecule has 0 aromatic rings. The summed E-state index contributed by atoms with van der Waals surface area (Å²) in [6.07, 6.45) is 1.23. The number of amides is 1. The van der Waals surface area contributed by atoms with Gasteiger partial charge in [0, 0.05) is 6.61 Å². The number of nitrogens with zero attached hydrogens (tertiary/aromatic N) is 1. The first-order chi connectivity index (χ1) is 12.5. The van der Waals surface area contributed by atoms with Gasteiger partial charge in [-0.25, -0.2) is 4.79 Å². The van der Waals surface area contributed by atoms with E-state index in [1.807, 2.05) is 48.5 Å². The smallest absolute Gasteiger partial charge is 0.412 e. The third kappa shape index (κ3) is 6.59. The average molecular weight is 390 g/mol. The van der Waals surface area contributed by atoms with Crippen molar-refractivity contribution in [1.82, 2.24) is 4.90 Å². The molecule has 0 aromatic heterocycles. The van der Waals surface area contributed by atoms with Crippen LogP contribution in [0.3, 0.4) is 0 Å². The molecule has 1 aliphatic heterocycles. The van der Waals surface area contributed by atoms with Crippen molar-refractivity contribution in [2.45, 2.75) is 110 Å². The fourth-order valence-corrected chi connectivity index (χ4v) is 3.55. The first-order valence-corrected chi connectivity index (χ1v) is 10.1. The molecule has 1 fully saturated rings. The fraction of sp³-hybridized carbons (Fsp3) is 0.950. The van der Waals surface area contributed by atoms with Crippen LogP contribution < -0.4 is 0 Å². The first-order valence-electron chi connectivity index (χ1n) is 10.1. The number of ether oxygens (including phenoxy) is 3. The second kappa shape index (κ2) is 10.0. The number of hydrogen-bond donors (Lipinski definition) is 2. The van der Waals surface area contributed by atoms with Gasteiger partial charge in [0.15, 0.2) is 0 Å².